The van der Waals surface area contributed by atoms with Gasteiger partial charge in [-0.25, -0.2) is 26.5 Å². The summed E-state index contributed by atoms with van der Waals surface area (Å²) < 4.78 is 48.9. The first-order valence-corrected chi connectivity index (χ1v) is 17.0. The summed E-state index contributed by atoms with van der Waals surface area (Å²) in [5.41, 5.74) is -0.550. The molecule has 4 rings (SSSR count). The number of aliphatic hydroxyl groups excluding tert-OH is 2. The van der Waals surface area contributed by atoms with Crippen LogP contribution in [-0.2, 0) is 29.3 Å². The molecule has 2 unspecified atom stereocenters. The third-order valence-electron chi connectivity index (χ3n) is 6.90. The highest BCUT2D eigenvalue weighted by molar-refractivity contribution is 7.91. The Morgan fingerprint density at radius 2 is 1.51 bits per heavy atom. The summed E-state index contributed by atoms with van der Waals surface area (Å²) in [6.45, 7) is -0.846. The number of aromatic nitrogens is 2. The first kappa shape index (κ1) is 32.1. The molecule has 2 atom stereocenters. The molecule has 0 bridgehead atoms. The van der Waals surface area contributed by atoms with E-state index in [-0.39, 0.29) is 84.7 Å². The molecular weight excluding hydrogens is 608 g/mol. The highest BCUT2D eigenvalue weighted by Gasteiger charge is 2.42. The van der Waals surface area contributed by atoms with Gasteiger partial charge in [0, 0.05) is 13.1 Å². The first-order valence-electron chi connectivity index (χ1n) is 13.4. The third-order valence-corrected chi connectivity index (χ3v) is 10.4. The molecule has 16 nitrogen and oxygen atoms in total. The van der Waals surface area contributed by atoms with E-state index in [2.05, 4.69) is 20.8 Å². The van der Waals surface area contributed by atoms with E-state index in [4.69, 9.17) is 10.2 Å². The molecule has 1 aromatic heterocycles. The molecule has 43 heavy (non-hydrogen) atoms. The fourth-order valence-corrected chi connectivity index (χ4v) is 8.21. The van der Waals surface area contributed by atoms with E-state index in [1.165, 1.54) is 30.4 Å². The number of nitrogens with one attached hydrogen (secondary N) is 2. The van der Waals surface area contributed by atoms with E-state index in [9.17, 15) is 36.3 Å². The molecule has 0 radical (unpaired) electrons. The number of sulfone groups is 2. The SMILES string of the molecule is O=C(NCCO)C1=NN(C2CCS(=O)(=O)C2)C(=O)\C1=C/C=C/C=C/c1c(C(=O)NCCO)nn(C2CCS(=O)(=O)C2)c1O. The predicted octanol–water partition coefficient (Wildman–Crippen LogP) is -2.34. The number of hydrazone groups is 1. The van der Waals surface area contributed by atoms with Gasteiger partial charge in [-0.3, -0.25) is 14.4 Å². The van der Waals surface area contributed by atoms with Crippen molar-refractivity contribution < 1.29 is 46.5 Å². The zero-order valence-electron chi connectivity index (χ0n) is 22.9. The normalized spacial score (nSPS) is 24.0. The molecule has 0 spiro atoms. The topological polar surface area (TPSA) is 238 Å². The number of carbonyl (C=O) groups is 3. The van der Waals surface area contributed by atoms with Gasteiger partial charge in [0.05, 0.1) is 59.4 Å². The molecule has 0 saturated carbocycles. The van der Waals surface area contributed by atoms with Crippen LogP contribution in [0.5, 0.6) is 5.88 Å². The van der Waals surface area contributed by atoms with E-state index < -0.39 is 55.4 Å². The van der Waals surface area contributed by atoms with Crippen molar-refractivity contribution >= 4 is 49.2 Å². The summed E-state index contributed by atoms with van der Waals surface area (Å²) in [6.07, 6.45) is 7.26. The molecule has 1 aromatic rings. The van der Waals surface area contributed by atoms with Crippen LogP contribution in [0.4, 0.5) is 0 Å². The van der Waals surface area contributed by atoms with Crippen LogP contribution in [0.3, 0.4) is 0 Å². The minimum absolute atomic E-state index is 0.00626. The zero-order chi connectivity index (χ0) is 31.4. The Balaban J connectivity index is 1.59. The van der Waals surface area contributed by atoms with Crippen LogP contribution in [0, 0.1) is 0 Å². The fourth-order valence-electron chi connectivity index (χ4n) is 4.82. The molecule has 0 aliphatic carbocycles. The molecule has 3 amide bonds. The van der Waals surface area contributed by atoms with E-state index >= 15 is 0 Å². The van der Waals surface area contributed by atoms with Gasteiger partial charge in [-0.05, 0) is 25.0 Å². The maximum absolute atomic E-state index is 13.1. The third kappa shape index (κ3) is 7.38. The van der Waals surface area contributed by atoms with Gasteiger partial charge in [-0.2, -0.15) is 10.2 Å². The Morgan fingerprint density at radius 3 is 2.09 bits per heavy atom. The van der Waals surface area contributed by atoms with Gasteiger partial charge >= 0.3 is 0 Å². The Morgan fingerprint density at radius 1 is 0.907 bits per heavy atom. The Labute approximate surface area is 247 Å². The van der Waals surface area contributed by atoms with Crippen LogP contribution in [0.25, 0.3) is 6.08 Å². The van der Waals surface area contributed by atoms with Crippen molar-refractivity contribution in [1.29, 1.82) is 0 Å². The fraction of sp³-hybridized carbons (Fsp3) is 0.480. The van der Waals surface area contributed by atoms with Crippen molar-refractivity contribution in [3.05, 3.63) is 41.1 Å². The summed E-state index contributed by atoms with van der Waals surface area (Å²) in [6, 6.07) is -1.39. The van der Waals surface area contributed by atoms with Crippen LogP contribution in [-0.4, -0.2) is 126 Å². The van der Waals surface area contributed by atoms with Crippen molar-refractivity contribution in [1.82, 2.24) is 25.4 Å². The number of nitrogens with zero attached hydrogens (tertiary/aromatic N) is 4. The molecular formula is C25H32N6O10S2. The molecule has 4 heterocycles. The highest BCUT2D eigenvalue weighted by atomic mass is 32.2. The lowest BCUT2D eigenvalue weighted by atomic mass is 10.1. The lowest BCUT2D eigenvalue weighted by Gasteiger charge is -2.17. The second kappa shape index (κ2) is 13.2. The Hall–Kier alpha value is -3.87. The number of rotatable bonds is 11. The number of carbonyl (C=O) groups excluding carboxylic acids is 3. The van der Waals surface area contributed by atoms with E-state index in [1.807, 2.05) is 0 Å². The number of aliphatic hydroxyl groups is 2. The van der Waals surface area contributed by atoms with Crippen LogP contribution in [0.2, 0.25) is 0 Å². The number of aromatic hydroxyl groups is 1. The molecule has 3 aliphatic rings. The van der Waals surface area contributed by atoms with E-state index in [1.54, 1.807) is 0 Å². The van der Waals surface area contributed by atoms with Crippen LogP contribution >= 0.6 is 0 Å². The van der Waals surface area contributed by atoms with Gasteiger partial charge in [0.1, 0.15) is 0 Å². The van der Waals surface area contributed by atoms with Crippen LogP contribution in [0.1, 0.15) is 34.9 Å². The maximum atomic E-state index is 13.1. The van der Waals surface area contributed by atoms with Gasteiger partial charge < -0.3 is 26.0 Å². The van der Waals surface area contributed by atoms with Gasteiger partial charge in [-0.15, -0.1) is 0 Å². The number of amides is 3. The molecule has 18 heteroatoms. The lowest BCUT2D eigenvalue weighted by molar-refractivity contribution is -0.127. The van der Waals surface area contributed by atoms with Crippen molar-refractivity contribution in [3.8, 4) is 5.88 Å². The highest BCUT2D eigenvalue weighted by Crippen LogP contribution is 2.32. The predicted molar refractivity (Wildman–Crippen MR) is 153 cm³/mol. The summed E-state index contributed by atoms with van der Waals surface area (Å²) in [5.74, 6) is -3.24. The minimum atomic E-state index is -3.34. The number of hydrogen-bond acceptors (Lipinski definition) is 12. The summed E-state index contributed by atoms with van der Waals surface area (Å²) in [7, 11) is -6.66. The Bertz CT molecular complexity index is 1620. The standard InChI is InChI=1S/C25H32N6O10S2/c32-10-8-26-22(34)20-18(24(36)30(28-20)16-6-12-42(38,39)14-16)4-2-1-3-5-19-21(23(35)27-9-11-33)29-31(25(19)37)17-7-13-43(40,41)15-17/h1-5,16-17,32-33,36H,6-15H2,(H,26,34)(H,27,35)/b3-1+,4-2+,19-5-. The minimum Gasteiger partial charge on any atom is -0.493 e. The van der Waals surface area contributed by atoms with Crippen molar-refractivity contribution in [2.24, 2.45) is 5.10 Å². The van der Waals surface area contributed by atoms with Crippen molar-refractivity contribution in [2.75, 3.05) is 49.3 Å². The molecule has 234 valence electrons. The first-order chi connectivity index (χ1) is 20.4. The second-order valence-corrected chi connectivity index (χ2v) is 14.5. The largest absolute Gasteiger partial charge is 0.493 e. The van der Waals surface area contributed by atoms with E-state index in [0.717, 1.165) is 9.69 Å². The summed E-state index contributed by atoms with van der Waals surface area (Å²) in [4.78, 5) is 38.4. The van der Waals surface area contributed by atoms with Crippen LogP contribution < -0.4 is 10.6 Å². The lowest BCUT2D eigenvalue weighted by Crippen LogP contribution is -2.35. The number of hydrogen-bond donors (Lipinski definition) is 5. The summed E-state index contributed by atoms with van der Waals surface area (Å²) in [5, 5.41) is 43.0. The quantitative estimate of drug-likeness (QED) is 0.127. The number of allylic oxidation sites excluding steroid dienone is 4. The zero-order valence-corrected chi connectivity index (χ0v) is 24.6. The van der Waals surface area contributed by atoms with Gasteiger partial charge in [0.15, 0.2) is 31.1 Å². The van der Waals surface area contributed by atoms with Crippen molar-refractivity contribution in [2.45, 2.75) is 24.9 Å². The maximum Gasteiger partial charge on any atom is 0.276 e. The van der Waals surface area contributed by atoms with Crippen LogP contribution in [0.15, 0.2) is 35.0 Å². The van der Waals surface area contributed by atoms with Gasteiger partial charge in [0.2, 0.25) is 5.88 Å². The second-order valence-electron chi connectivity index (χ2n) is 10.0. The molecule has 3 aliphatic heterocycles. The van der Waals surface area contributed by atoms with E-state index in [0.29, 0.717) is 0 Å². The van der Waals surface area contributed by atoms with Gasteiger partial charge in [0.25, 0.3) is 17.7 Å². The summed E-state index contributed by atoms with van der Waals surface area (Å²) >= 11 is 0. The monoisotopic (exact) mass is 640 g/mol. The molecule has 5 N–H and O–H groups in total. The molecule has 2 fully saturated rings. The molecule has 2 saturated heterocycles. The smallest absolute Gasteiger partial charge is 0.276 e. The average Bonchev–Trinajstić information content (AvgIpc) is 3.69. The molecule has 0 aromatic carbocycles. The average molecular weight is 641 g/mol. The Kier molecular flexibility index (Phi) is 9.83. The van der Waals surface area contributed by atoms with Crippen molar-refractivity contribution in [3.63, 3.8) is 0 Å². The van der Waals surface area contributed by atoms with Gasteiger partial charge in [-0.1, -0.05) is 18.2 Å².